The molecule has 5 heteroatoms. The molecule has 0 atom stereocenters. The van der Waals surface area contributed by atoms with E-state index in [4.69, 9.17) is 11.6 Å². The zero-order chi connectivity index (χ0) is 14.6. The molecule has 0 radical (unpaired) electrons. The van der Waals surface area contributed by atoms with Gasteiger partial charge in [0.1, 0.15) is 16.8 Å². The van der Waals surface area contributed by atoms with Gasteiger partial charge in [0.05, 0.1) is 5.56 Å². The van der Waals surface area contributed by atoms with Crippen LogP contribution in [0.4, 0.5) is 5.82 Å². The average molecular weight is 284 g/mol. The lowest BCUT2D eigenvalue weighted by Gasteiger charge is -2.28. The number of hydrogen-bond acceptors (Lipinski definition) is 4. The second-order valence-electron chi connectivity index (χ2n) is 5.61. The molecule has 106 valence electrons. The van der Waals surface area contributed by atoms with Crippen LogP contribution in [-0.2, 0) is 0 Å². The van der Waals surface area contributed by atoms with Gasteiger partial charge >= 0.3 is 0 Å². The SMILES string of the molecule is Cc1nc(Cl)c(C=O)c(N(CC(C)C)CC(C)C)n1. The lowest BCUT2D eigenvalue weighted by atomic mass is 10.1. The molecule has 0 aliphatic heterocycles. The summed E-state index contributed by atoms with van der Waals surface area (Å²) in [5.74, 6) is 2.19. The van der Waals surface area contributed by atoms with E-state index < -0.39 is 0 Å². The topological polar surface area (TPSA) is 46.1 Å². The van der Waals surface area contributed by atoms with Gasteiger partial charge in [0.15, 0.2) is 6.29 Å². The predicted molar refractivity (Wildman–Crippen MR) is 79.1 cm³/mol. The van der Waals surface area contributed by atoms with Gasteiger partial charge in [0.25, 0.3) is 0 Å². The van der Waals surface area contributed by atoms with Crippen LogP contribution in [-0.4, -0.2) is 29.3 Å². The Labute approximate surface area is 120 Å². The van der Waals surface area contributed by atoms with Gasteiger partial charge in [-0.2, -0.15) is 0 Å². The number of nitrogens with zero attached hydrogens (tertiary/aromatic N) is 3. The zero-order valence-corrected chi connectivity index (χ0v) is 13.0. The number of aldehydes is 1. The van der Waals surface area contributed by atoms with E-state index in [0.717, 1.165) is 19.4 Å². The highest BCUT2D eigenvalue weighted by Crippen LogP contribution is 2.24. The lowest BCUT2D eigenvalue weighted by molar-refractivity contribution is 0.112. The first-order chi connectivity index (χ1) is 8.85. The van der Waals surface area contributed by atoms with Crippen LogP contribution >= 0.6 is 11.6 Å². The molecule has 1 aromatic heterocycles. The molecule has 0 aromatic carbocycles. The van der Waals surface area contributed by atoms with Gasteiger partial charge in [-0.05, 0) is 18.8 Å². The second-order valence-corrected chi connectivity index (χ2v) is 5.97. The molecule has 0 N–H and O–H groups in total. The van der Waals surface area contributed by atoms with E-state index in [1.54, 1.807) is 6.92 Å². The number of rotatable bonds is 6. The van der Waals surface area contributed by atoms with Crippen molar-refractivity contribution < 1.29 is 4.79 Å². The number of aromatic nitrogens is 2. The lowest BCUT2D eigenvalue weighted by Crippen LogP contribution is -2.33. The molecule has 4 nitrogen and oxygen atoms in total. The average Bonchev–Trinajstić information content (AvgIpc) is 2.25. The van der Waals surface area contributed by atoms with Crippen molar-refractivity contribution in [3.63, 3.8) is 0 Å². The zero-order valence-electron chi connectivity index (χ0n) is 12.3. The summed E-state index contributed by atoms with van der Waals surface area (Å²) in [4.78, 5) is 21.8. The van der Waals surface area contributed by atoms with Crippen LogP contribution in [0.5, 0.6) is 0 Å². The van der Waals surface area contributed by atoms with Gasteiger partial charge in [0.2, 0.25) is 0 Å². The van der Waals surface area contributed by atoms with E-state index >= 15 is 0 Å². The predicted octanol–water partition coefficient (Wildman–Crippen LogP) is 3.37. The summed E-state index contributed by atoms with van der Waals surface area (Å²) < 4.78 is 0. The van der Waals surface area contributed by atoms with Crippen LogP contribution in [0.25, 0.3) is 0 Å². The van der Waals surface area contributed by atoms with Crippen LogP contribution in [0.15, 0.2) is 0 Å². The number of anilines is 1. The van der Waals surface area contributed by atoms with Crippen LogP contribution in [0.3, 0.4) is 0 Å². The molecule has 0 saturated carbocycles. The Morgan fingerprint density at radius 3 is 2.11 bits per heavy atom. The minimum absolute atomic E-state index is 0.231. The third kappa shape index (κ3) is 4.46. The molecule has 19 heavy (non-hydrogen) atoms. The normalized spacial score (nSPS) is 11.2. The fraction of sp³-hybridized carbons (Fsp3) is 0.643. The van der Waals surface area contributed by atoms with Gasteiger partial charge in [-0.15, -0.1) is 0 Å². The molecule has 0 fully saturated rings. The van der Waals surface area contributed by atoms with Gasteiger partial charge < -0.3 is 4.90 Å². The first kappa shape index (κ1) is 15.9. The highest BCUT2D eigenvalue weighted by atomic mass is 35.5. The quantitative estimate of drug-likeness (QED) is 0.593. The molecular formula is C14H22ClN3O. The fourth-order valence-electron chi connectivity index (χ4n) is 2.00. The van der Waals surface area contributed by atoms with Crippen molar-refractivity contribution in [2.45, 2.75) is 34.6 Å². The minimum Gasteiger partial charge on any atom is -0.355 e. The van der Waals surface area contributed by atoms with E-state index in [-0.39, 0.29) is 5.15 Å². The Balaban J connectivity index is 3.23. The molecule has 0 bridgehead atoms. The Hall–Kier alpha value is -1.16. The summed E-state index contributed by atoms with van der Waals surface area (Å²) >= 11 is 6.04. The van der Waals surface area contributed by atoms with E-state index in [0.29, 0.717) is 29.0 Å². The highest BCUT2D eigenvalue weighted by molar-refractivity contribution is 6.32. The van der Waals surface area contributed by atoms with Crippen molar-refractivity contribution in [2.24, 2.45) is 11.8 Å². The van der Waals surface area contributed by atoms with Gasteiger partial charge in [-0.25, -0.2) is 9.97 Å². The molecule has 1 aromatic rings. The number of halogens is 1. The second kappa shape index (κ2) is 6.85. The standard InChI is InChI=1S/C14H22ClN3O/c1-9(2)6-18(7-10(3)4)14-12(8-19)13(15)16-11(5)17-14/h8-10H,6-7H2,1-5H3. The number of carbonyl (C=O) groups is 1. The maximum Gasteiger partial charge on any atom is 0.156 e. The molecule has 0 aliphatic carbocycles. The Kier molecular flexibility index (Phi) is 5.73. The molecule has 0 spiro atoms. The summed E-state index contributed by atoms with van der Waals surface area (Å²) in [5.41, 5.74) is 0.383. The smallest absolute Gasteiger partial charge is 0.156 e. The van der Waals surface area contributed by atoms with E-state index in [1.165, 1.54) is 0 Å². The van der Waals surface area contributed by atoms with Crippen molar-refractivity contribution in [3.05, 3.63) is 16.5 Å². The van der Waals surface area contributed by atoms with Gasteiger partial charge in [-0.3, -0.25) is 4.79 Å². The van der Waals surface area contributed by atoms with E-state index in [1.807, 2.05) is 0 Å². The Morgan fingerprint density at radius 1 is 1.16 bits per heavy atom. The molecular weight excluding hydrogens is 262 g/mol. The number of aryl methyl sites for hydroxylation is 1. The maximum atomic E-state index is 11.2. The van der Waals surface area contributed by atoms with Gasteiger partial charge in [-0.1, -0.05) is 39.3 Å². The van der Waals surface area contributed by atoms with E-state index in [2.05, 4.69) is 42.6 Å². The van der Waals surface area contributed by atoms with Crippen LogP contribution in [0, 0.1) is 18.8 Å². The summed E-state index contributed by atoms with van der Waals surface area (Å²) in [7, 11) is 0. The first-order valence-corrected chi connectivity index (χ1v) is 6.97. The number of carbonyl (C=O) groups excluding carboxylic acids is 1. The molecule has 0 unspecified atom stereocenters. The number of hydrogen-bond donors (Lipinski definition) is 0. The third-order valence-corrected chi connectivity index (χ3v) is 2.87. The molecule has 1 heterocycles. The van der Waals surface area contributed by atoms with Crippen LogP contribution in [0.1, 0.15) is 43.9 Å². The summed E-state index contributed by atoms with van der Waals surface area (Å²) in [5, 5.41) is 0.231. The fourth-order valence-corrected chi connectivity index (χ4v) is 2.26. The monoisotopic (exact) mass is 283 g/mol. The van der Waals surface area contributed by atoms with Crippen LogP contribution < -0.4 is 4.90 Å². The van der Waals surface area contributed by atoms with Crippen molar-refractivity contribution in [3.8, 4) is 0 Å². The Morgan fingerprint density at radius 2 is 1.68 bits per heavy atom. The molecule has 0 saturated heterocycles. The molecule has 0 amide bonds. The Bertz CT molecular complexity index is 437. The van der Waals surface area contributed by atoms with Crippen molar-refractivity contribution in [2.75, 3.05) is 18.0 Å². The molecule has 0 aliphatic rings. The summed E-state index contributed by atoms with van der Waals surface area (Å²) in [6, 6.07) is 0. The van der Waals surface area contributed by atoms with Gasteiger partial charge in [0, 0.05) is 13.1 Å². The van der Waals surface area contributed by atoms with Crippen molar-refractivity contribution in [1.29, 1.82) is 0 Å². The van der Waals surface area contributed by atoms with Crippen molar-refractivity contribution >= 4 is 23.7 Å². The summed E-state index contributed by atoms with van der Waals surface area (Å²) in [6.07, 6.45) is 0.741. The highest BCUT2D eigenvalue weighted by Gasteiger charge is 2.19. The minimum atomic E-state index is 0.231. The van der Waals surface area contributed by atoms with E-state index in [9.17, 15) is 4.79 Å². The maximum absolute atomic E-state index is 11.2. The largest absolute Gasteiger partial charge is 0.355 e. The van der Waals surface area contributed by atoms with Crippen molar-refractivity contribution in [1.82, 2.24) is 9.97 Å². The summed E-state index contributed by atoms with van der Waals surface area (Å²) in [6.45, 7) is 12.0. The molecule has 1 rings (SSSR count). The third-order valence-electron chi connectivity index (χ3n) is 2.58. The van der Waals surface area contributed by atoms with Crippen LogP contribution in [0.2, 0.25) is 5.15 Å². The first-order valence-electron chi connectivity index (χ1n) is 6.59.